The molecule has 2 heterocycles. The summed E-state index contributed by atoms with van der Waals surface area (Å²) in [6.45, 7) is 7.85. The number of hydrogen-bond acceptors (Lipinski definition) is 3. The molecule has 1 aromatic heterocycles. The zero-order valence-corrected chi connectivity index (χ0v) is 12.2. The van der Waals surface area contributed by atoms with Gasteiger partial charge in [-0.2, -0.15) is 0 Å². The molecule has 0 unspecified atom stereocenters. The van der Waals surface area contributed by atoms with Gasteiger partial charge in [0.05, 0.1) is 0 Å². The summed E-state index contributed by atoms with van der Waals surface area (Å²) < 4.78 is 0. The Morgan fingerprint density at radius 1 is 1.48 bits per heavy atom. The average molecular weight is 281 g/mol. The number of anilines is 2. The van der Waals surface area contributed by atoms with Gasteiger partial charge in [0.1, 0.15) is 5.82 Å². The van der Waals surface area contributed by atoms with E-state index in [9.17, 15) is 4.79 Å². The smallest absolute Gasteiger partial charge is 0.247 e. The van der Waals surface area contributed by atoms with Gasteiger partial charge < -0.3 is 10.2 Å². The number of fused-ring (bicyclic) bond motifs is 1. The van der Waals surface area contributed by atoms with Crippen molar-refractivity contribution in [2.75, 3.05) is 23.3 Å². The Hall–Kier alpha value is -2.36. The first-order valence-corrected chi connectivity index (χ1v) is 7.24. The number of hydrogen-bond donors (Lipinski definition) is 1. The number of carbonyl (C=O) groups excluding carboxylic acids is 1. The summed E-state index contributed by atoms with van der Waals surface area (Å²) in [7, 11) is 0. The number of nitrogens with zero attached hydrogens (tertiary/aromatic N) is 2. The number of rotatable bonds is 3. The predicted octanol–water partition coefficient (Wildman–Crippen LogP) is 3.21. The summed E-state index contributed by atoms with van der Waals surface area (Å²) in [6, 6.07) is 7.89. The van der Waals surface area contributed by atoms with Crippen LogP contribution in [0.4, 0.5) is 11.5 Å². The molecule has 1 atom stereocenters. The van der Waals surface area contributed by atoms with Crippen molar-refractivity contribution in [3.63, 3.8) is 0 Å². The van der Waals surface area contributed by atoms with Crippen LogP contribution in [0.15, 0.2) is 43.1 Å². The Morgan fingerprint density at radius 3 is 3.05 bits per heavy atom. The molecule has 1 aliphatic heterocycles. The van der Waals surface area contributed by atoms with Crippen LogP contribution in [-0.2, 0) is 4.79 Å². The van der Waals surface area contributed by atoms with Crippen LogP contribution in [-0.4, -0.2) is 24.0 Å². The minimum atomic E-state index is -0.197. The SMILES string of the molecule is C=CC(=O)Nc1ccc2c(N3CC[C@@H](C)C3)nccc2c1. The summed E-state index contributed by atoms with van der Waals surface area (Å²) >= 11 is 0. The fourth-order valence-electron chi connectivity index (χ4n) is 2.81. The van der Waals surface area contributed by atoms with Crippen LogP contribution in [0.5, 0.6) is 0 Å². The van der Waals surface area contributed by atoms with Gasteiger partial charge in [0.15, 0.2) is 0 Å². The van der Waals surface area contributed by atoms with Gasteiger partial charge in [-0.15, -0.1) is 0 Å². The molecule has 1 aliphatic rings. The quantitative estimate of drug-likeness (QED) is 0.879. The number of amides is 1. The topological polar surface area (TPSA) is 45.2 Å². The molecule has 0 saturated carbocycles. The van der Waals surface area contributed by atoms with Crippen molar-refractivity contribution in [1.29, 1.82) is 0 Å². The molecular formula is C17H19N3O. The zero-order chi connectivity index (χ0) is 14.8. The largest absolute Gasteiger partial charge is 0.356 e. The molecule has 4 nitrogen and oxygen atoms in total. The zero-order valence-electron chi connectivity index (χ0n) is 12.2. The third kappa shape index (κ3) is 2.75. The number of benzene rings is 1. The summed E-state index contributed by atoms with van der Waals surface area (Å²) in [4.78, 5) is 18.3. The number of pyridine rings is 1. The van der Waals surface area contributed by atoms with Gasteiger partial charge in [0.2, 0.25) is 5.91 Å². The van der Waals surface area contributed by atoms with Crippen LogP contribution in [0.3, 0.4) is 0 Å². The van der Waals surface area contributed by atoms with E-state index in [-0.39, 0.29) is 5.91 Å². The van der Waals surface area contributed by atoms with Crippen LogP contribution >= 0.6 is 0 Å². The minimum Gasteiger partial charge on any atom is -0.356 e. The highest BCUT2D eigenvalue weighted by molar-refractivity contribution is 6.01. The Bertz CT molecular complexity index is 695. The normalized spacial score (nSPS) is 18.0. The Kier molecular flexibility index (Phi) is 3.60. The van der Waals surface area contributed by atoms with E-state index in [1.165, 1.54) is 12.5 Å². The molecule has 0 bridgehead atoms. The van der Waals surface area contributed by atoms with E-state index < -0.39 is 0 Å². The van der Waals surface area contributed by atoms with Gasteiger partial charge in [-0.05, 0) is 48.1 Å². The number of carbonyl (C=O) groups is 1. The lowest BCUT2D eigenvalue weighted by Crippen LogP contribution is -2.20. The molecule has 0 spiro atoms. The van der Waals surface area contributed by atoms with E-state index in [4.69, 9.17) is 0 Å². The van der Waals surface area contributed by atoms with Gasteiger partial charge in [-0.1, -0.05) is 13.5 Å². The average Bonchev–Trinajstić information content (AvgIpc) is 2.92. The number of aromatic nitrogens is 1. The lowest BCUT2D eigenvalue weighted by Gasteiger charge is -2.19. The highest BCUT2D eigenvalue weighted by atomic mass is 16.1. The van der Waals surface area contributed by atoms with Crippen molar-refractivity contribution in [3.8, 4) is 0 Å². The van der Waals surface area contributed by atoms with Gasteiger partial charge in [0, 0.05) is 30.4 Å². The van der Waals surface area contributed by atoms with E-state index in [0.717, 1.165) is 35.4 Å². The highest BCUT2D eigenvalue weighted by Gasteiger charge is 2.21. The molecule has 0 aliphatic carbocycles. The molecule has 4 heteroatoms. The first-order valence-electron chi connectivity index (χ1n) is 7.24. The fraction of sp³-hybridized carbons (Fsp3) is 0.294. The van der Waals surface area contributed by atoms with Crippen molar-refractivity contribution in [1.82, 2.24) is 4.98 Å². The Balaban J connectivity index is 1.96. The first-order chi connectivity index (χ1) is 10.2. The molecule has 1 N–H and O–H groups in total. The molecular weight excluding hydrogens is 262 g/mol. The van der Waals surface area contributed by atoms with E-state index in [2.05, 4.69) is 28.7 Å². The molecule has 108 valence electrons. The first kappa shape index (κ1) is 13.6. The second-order valence-corrected chi connectivity index (χ2v) is 5.60. The highest BCUT2D eigenvalue weighted by Crippen LogP contribution is 2.30. The maximum absolute atomic E-state index is 11.4. The fourth-order valence-corrected chi connectivity index (χ4v) is 2.81. The lowest BCUT2D eigenvalue weighted by molar-refractivity contribution is -0.111. The Morgan fingerprint density at radius 2 is 2.33 bits per heavy atom. The van der Waals surface area contributed by atoms with E-state index in [0.29, 0.717) is 5.92 Å². The molecule has 1 fully saturated rings. The van der Waals surface area contributed by atoms with Gasteiger partial charge in [-0.3, -0.25) is 4.79 Å². The second-order valence-electron chi connectivity index (χ2n) is 5.60. The third-order valence-corrected chi connectivity index (χ3v) is 3.92. The third-order valence-electron chi connectivity index (χ3n) is 3.92. The van der Waals surface area contributed by atoms with Crippen LogP contribution in [0, 0.1) is 5.92 Å². The van der Waals surface area contributed by atoms with Crippen LogP contribution in [0.2, 0.25) is 0 Å². The Labute approximate surface area is 124 Å². The van der Waals surface area contributed by atoms with Crippen LogP contribution in [0.1, 0.15) is 13.3 Å². The summed E-state index contributed by atoms with van der Waals surface area (Å²) in [5.41, 5.74) is 0.777. The molecule has 1 aromatic carbocycles. The van der Waals surface area contributed by atoms with Gasteiger partial charge >= 0.3 is 0 Å². The van der Waals surface area contributed by atoms with E-state index in [1.807, 2.05) is 30.5 Å². The lowest BCUT2D eigenvalue weighted by atomic mass is 10.1. The maximum atomic E-state index is 11.4. The van der Waals surface area contributed by atoms with Crippen molar-refractivity contribution in [2.45, 2.75) is 13.3 Å². The van der Waals surface area contributed by atoms with E-state index >= 15 is 0 Å². The molecule has 21 heavy (non-hydrogen) atoms. The summed E-state index contributed by atoms with van der Waals surface area (Å²) in [5.74, 6) is 1.56. The molecule has 1 saturated heterocycles. The van der Waals surface area contributed by atoms with Crippen LogP contribution < -0.4 is 10.2 Å². The van der Waals surface area contributed by atoms with Gasteiger partial charge in [0.25, 0.3) is 0 Å². The van der Waals surface area contributed by atoms with Crippen molar-refractivity contribution >= 4 is 28.2 Å². The van der Waals surface area contributed by atoms with Crippen molar-refractivity contribution in [2.24, 2.45) is 5.92 Å². The minimum absolute atomic E-state index is 0.197. The maximum Gasteiger partial charge on any atom is 0.247 e. The van der Waals surface area contributed by atoms with Crippen molar-refractivity contribution in [3.05, 3.63) is 43.1 Å². The summed E-state index contributed by atoms with van der Waals surface area (Å²) in [6.07, 6.45) is 4.32. The van der Waals surface area contributed by atoms with Crippen molar-refractivity contribution < 1.29 is 4.79 Å². The van der Waals surface area contributed by atoms with Gasteiger partial charge in [-0.25, -0.2) is 4.98 Å². The summed E-state index contributed by atoms with van der Waals surface area (Å²) in [5, 5.41) is 5.00. The molecule has 3 rings (SSSR count). The van der Waals surface area contributed by atoms with E-state index in [1.54, 1.807) is 0 Å². The monoisotopic (exact) mass is 281 g/mol. The second kappa shape index (κ2) is 5.56. The number of nitrogens with one attached hydrogen (secondary N) is 1. The molecule has 2 aromatic rings. The standard InChI is InChI=1S/C17H19N3O/c1-3-16(21)19-14-4-5-15-13(10-14)6-8-18-17(15)20-9-7-12(2)11-20/h3-6,8,10,12H,1,7,9,11H2,2H3,(H,19,21)/t12-/m1/s1. The molecule has 1 amide bonds. The predicted molar refractivity (Wildman–Crippen MR) is 86.6 cm³/mol. The van der Waals surface area contributed by atoms with Crippen LogP contribution in [0.25, 0.3) is 10.8 Å². The molecule has 0 radical (unpaired) electrons.